The van der Waals surface area contributed by atoms with Crippen molar-refractivity contribution < 1.29 is 28.1 Å². The number of benzene rings is 3. The Morgan fingerprint density at radius 3 is 2.24 bits per heavy atom. The van der Waals surface area contributed by atoms with E-state index in [1.54, 1.807) is 39.2 Å². The van der Waals surface area contributed by atoms with Gasteiger partial charge in [-0.2, -0.15) is 0 Å². The Morgan fingerprint density at radius 1 is 0.870 bits per heavy atom. The minimum absolute atomic E-state index is 0.336. The van der Waals surface area contributed by atoms with Gasteiger partial charge in [0.1, 0.15) is 29.6 Å². The number of hydrogen-bond acceptors (Lipinski definition) is 9. The van der Waals surface area contributed by atoms with Crippen LogP contribution in [0.4, 0.5) is 10.1 Å². The molecule has 0 saturated carbocycles. The molecular weight excluding hydrogens is 605 g/mol. The number of piperazine rings is 1. The number of anilines is 1. The van der Waals surface area contributed by atoms with Gasteiger partial charge in [-0.05, 0) is 74.7 Å². The molecule has 0 aliphatic carbocycles. The normalized spacial score (nSPS) is 20.2. The molecular formula is C36H46FN3O5S. The van der Waals surface area contributed by atoms with E-state index in [4.69, 9.17) is 18.9 Å². The average molecular weight is 652 g/mol. The number of thioether (sulfide) groups is 1. The third-order valence-corrected chi connectivity index (χ3v) is 10.7. The van der Waals surface area contributed by atoms with Gasteiger partial charge in [-0.15, -0.1) is 11.8 Å². The highest BCUT2D eigenvalue weighted by Gasteiger charge is 2.46. The zero-order valence-corrected chi connectivity index (χ0v) is 28.4. The molecule has 2 heterocycles. The number of aldehydes is 1. The lowest BCUT2D eigenvalue weighted by Crippen LogP contribution is -2.49. The molecule has 46 heavy (non-hydrogen) atoms. The molecule has 2 aliphatic heterocycles. The summed E-state index contributed by atoms with van der Waals surface area (Å²) in [6, 6.07) is 16.1. The van der Waals surface area contributed by atoms with Crippen LogP contribution in [0, 0.1) is 5.82 Å². The molecule has 2 unspecified atom stereocenters. The molecule has 0 radical (unpaired) electrons. The van der Waals surface area contributed by atoms with Crippen LogP contribution in [0.1, 0.15) is 30.9 Å². The fourth-order valence-electron chi connectivity index (χ4n) is 6.52. The monoisotopic (exact) mass is 651 g/mol. The Balaban J connectivity index is 1.10. The Bertz CT molecular complexity index is 1480. The first-order valence-electron chi connectivity index (χ1n) is 15.9. The lowest BCUT2D eigenvalue weighted by atomic mass is 9.90. The molecule has 0 spiro atoms. The number of carbonyl (C=O) groups excluding carboxylic acids is 1. The summed E-state index contributed by atoms with van der Waals surface area (Å²) in [5.41, 5.74) is 2.82. The van der Waals surface area contributed by atoms with Gasteiger partial charge in [0.15, 0.2) is 11.5 Å². The summed E-state index contributed by atoms with van der Waals surface area (Å²) in [5, 5.41) is 0. The average Bonchev–Trinajstić information content (AvgIpc) is 3.08. The number of likely N-dealkylation sites (N-methyl/N-ethyl adjacent to an activating group) is 1. The third kappa shape index (κ3) is 7.40. The minimum Gasteiger partial charge on any atom is -0.496 e. The second-order valence-electron chi connectivity index (χ2n) is 12.0. The van der Waals surface area contributed by atoms with Gasteiger partial charge < -0.3 is 38.4 Å². The van der Waals surface area contributed by atoms with Crippen molar-refractivity contribution in [3.8, 4) is 23.0 Å². The van der Waals surface area contributed by atoms with Crippen molar-refractivity contribution in [3.63, 3.8) is 0 Å². The van der Waals surface area contributed by atoms with Gasteiger partial charge >= 0.3 is 0 Å². The van der Waals surface area contributed by atoms with Crippen molar-refractivity contribution in [2.24, 2.45) is 0 Å². The second-order valence-corrected chi connectivity index (χ2v) is 13.5. The summed E-state index contributed by atoms with van der Waals surface area (Å²) in [6.07, 6.45) is 3.74. The van der Waals surface area contributed by atoms with Crippen molar-refractivity contribution in [1.29, 1.82) is 0 Å². The summed E-state index contributed by atoms with van der Waals surface area (Å²) in [6.45, 7) is 8.62. The fourth-order valence-corrected chi connectivity index (χ4v) is 8.04. The Kier molecular flexibility index (Phi) is 11.4. The first-order chi connectivity index (χ1) is 22.3. The van der Waals surface area contributed by atoms with Crippen molar-refractivity contribution in [2.45, 2.75) is 41.9 Å². The van der Waals surface area contributed by atoms with E-state index in [2.05, 4.69) is 9.80 Å². The van der Waals surface area contributed by atoms with Crippen LogP contribution in [-0.2, 0) is 16.0 Å². The number of nitrogens with zero attached hydrogens (tertiary/aromatic N) is 3. The highest BCUT2D eigenvalue weighted by atomic mass is 32.2. The predicted octanol–water partition coefficient (Wildman–Crippen LogP) is 5.90. The van der Waals surface area contributed by atoms with Crippen LogP contribution < -0.4 is 23.8 Å². The van der Waals surface area contributed by atoms with Crippen LogP contribution in [0.3, 0.4) is 0 Å². The van der Waals surface area contributed by atoms with E-state index in [1.807, 2.05) is 55.3 Å². The van der Waals surface area contributed by atoms with E-state index in [0.717, 1.165) is 86.7 Å². The molecule has 0 amide bonds. The van der Waals surface area contributed by atoms with Crippen LogP contribution in [0.25, 0.3) is 0 Å². The Morgan fingerprint density at radius 2 is 1.54 bits per heavy atom. The van der Waals surface area contributed by atoms with Gasteiger partial charge in [-0.25, -0.2) is 4.39 Å². The van der Waals surface area contributed by atoms with Crippen molar-refractivity contribution >= 4 is 23.7 Å². The van der Waals surface area contributed by atoms with Crippen LogP contribution in [0.2, 0.25) is 0 Å². The Labute approximate surface area is 276 Å². The maximum Gasteiger partial charge on any atom is 0.164 e. The van der Waals surface area contributed by atoms with Gasteiger partial charge in [-0.1, -0.05) is 12.1 Å². The molecule has 1 saturated heterocycles. The van der Waals surface area contributed by atoms with Crippen molar-refractivity contribution in [3.05, 3.63) is 71.5 Å². The summed E-state index contributed by atoms with van der Waals surface area (Å²) in [4.78, 5) is 20.5. The lowest BCUT2D eigenvalue weighted by Gasteiger charge is -2.46. The number of halogens is 1. The van der Waals surface area contributed by atoms with Crippen molar-refractivity contribution in [2.75, 3.05) is 79.2 Å². The highest BCUT2D eigenvalue weighted by molar-refractivity contribution is 8.00. The Hall–Kier alpha value is -3.47. The molecule has 5 rings (SSSR count). The minimum atomic E-state index is -0.716. The van der Waals surface area contributed by atoms with E-state index in [9.17, 15) is 9.18 Å². The molecule has 2 aliphatic rings. The van der Waals surface area contributed by atoms with Gasteiger partial charge in [0.25, 0.3) is 0 Å². The maximum atomic E-state index is 14.6. The quantitative estimate of drug-likeness (QED) is 0.157. The van der Waals surface area contributed by atoms with Crippen LogP contribution in [0.15, 0.2) is 59.5 Å². The van der Waals surface area contributed by atoms with Gasteiger partial charge in [0, 0.05) is 56.3 Å². The summed E-state index contributed by atoms with van der Waals surface area (Å²) < 4.78 is 36.7. The SMILES string of the molecule is COc1cc(OC)c(OC)cc1CCN1CCN(CCCCOc2ccc(F)cc2C2(C)Sc3ccccc3N(C)C2C=O)CC1. The largest absolute Gasteiger partial charge is 0.496 e. The number of carbonyl (C=O) groups is 1. The van der Waals surface area contributed by atoms with E-state index >= 15 is 0 Å². The molecule has 10 heteroatoms. The first kappa shape index (κ1) is 33.9. The van der Waals surface area contributed by atoms with Gasteiger partial charge in [0.05, 0.1) is 38.4 Å². The third-order valence-electron chi connectivity index (χ3n) is 9.23. The van der Waals surface area contributed by atoms with Gasteiger partial charge in [0.2, 0.25) is 0 Å². The molecule has 0 bridgehead atoms. The van der Waals surface area contributed by atoms with E-state index < -0.39 is 10.8 Å². The number of para-hydroxylation sites is 1. The number of hydrogen-bond donors (Lipinski definition) is 0. The summed E-state index contributed by atoms with van der Waals surface area (Å²) in [7, 11) is 6.89. The molecule has 2 atom stereocenters. The molecule has 8 nitrogen and oxygen atoms in total. The topological polar surface area (TPSA) is 63.7 Å². The number of ether oxygens (including phenoxy) is 4. The molecule has 0 N–H and O–H groups in total. The van der Waals surface area contributed by atoms with Crippen LogP contribution >= 0.6 is 11.8 Å². The lowest BCUT2D eigenvalue weighted by molar-refractivity contribution is -0.109. The molecule has 1 fully saturated rings. The molecule has 248 valence electrons. The standard InChI is InChI=1S/C36H46FN3O5S/c1-36(35(25-41)38(2)29-10-6-7-11-34(29)46-36)28-23-27(37)12-13-30(28)45-21-9-8-15-39-17-19-40(20-18-39)16-14-26-22-32(43-4)33(44-5)24-31(26)42-3/h6-7,10-13,22-25,35H,8-9,14-21H2,1-5H3. The van der Waals surface area contributed by atoms with Crippen molar-refractivity contribution in [1.82, 2.24) is 9.80 Å². The smallest absolute Gasteiger partial charge is 0.164 e. The predicted molar refractivity (Wildman–Crippen MR) is 182 cm³/mol. The van der Waals surface area contributed by atoms with Gasteiger partial charge in [-0.3, -0.25) is 0 Å². The fraction of sp³-hybridized carbons (Fsp3) is 0.472. The number of fused-ring (bicyclic) bond motifs is 1. The molecule has 3 aromatic rings. The highest BCUT2D eigenvalue weighted by Crippen LogP contribution is 2.54. The van der Waals surface area contributed by atoms with E-state index in [1.165, 1.54) is 12.1 Å². The number of unbranched alkanes of at least 4 members (excludes halogenated alkanes) is 1. The summed E-state index contributed by atoms with van der Waals surface area (Å²) in [5.74, 6) is 2.50. The van der Waals surface area contributed by atoms with E-state index in [-0.39, 0.29) is 5.82 Å². The summed E-state index contributed by atoms with van der Waals surface area (Å²) >= 11 is 1.59. The first-order valence-corrected chi connectivity index (χ1v) is 16.8. The van der Waals surface area contributed by atoms with Crippen LogP contribution in [0.5, 0.6) is 23.0 Å². The van der Waals surface area contributed by atoms with E-state index in [0.29, 0.717) is 29.4 Å². The molecule has 3 aromatic carbocycles. The number of methoxy groups -OCH3 is 3. The zero-order chi connectivity index (χ0) is 32.7. The zero-order valence-electron chi connectivity index (χ0n) is 27.6. The maximum absolute atomic E-state index is 14.6. The molecule has 0 aromatic heterocycles. The second kappa shape index (κ2) is 15.4. The number of rotatable bonds is 14. The van der Waals surface area contributed by atoms with Crippen LogP contribution in [-0.4, -0.2) is 96.4 Å².